The molecule has 0 aromatic heterocycles. The second-order valence-corrected chi connectivity index (χ2v) is 5.53. The minimum atomic E-state index is 0.386. The highest BCUT2D eigenvalue weighted by molar-refractivity contribution is 5.30. The van der Waals surface area contributed by atoms with Gasteiger partial charge in [0.15, 0.2) is 0 Å². The maximum Gasteiger partial charge on any atom is 0.120 e. The van der Waals surface area contributed by atoms with E-state index in [1.165, 1.54) is 18.4 Å². The predicted octanol–water partition coefficient (Wildman–Crippen LogP) is 3.72. The van der Waals surface area contributed by atoms with Gasteiger partial charge in [0.2, 0.25) is 0 Å². The maximum absolute atomic E-state index is 6.10. The van der Waals surface area contributed by atoms with E-state index in [0.29, 0.717) is 18.1 Å². The van der Waals surface area contributed by atoms with Gasteiger partial charge in [0.25, 0.3) is 0 Å². The molecule has 0 bridgehead atoms. The molecule has 1 fully saturated rings. The fourth-order valence-electron chi connectivity index (χ4n) is 2.66. The zero-order valence-corrected chi connectivity index (χ0v) is 11.8. The molecule has 0 aliphatic heterocycles. The van der Waals surface area contributed by atoms with Gasteiger partial charge in [-0.3, -0.25) is 0 Å². The summed E-state index contributed by atoms with van der Waals surface area (Å²) < 4.78 is 6.10. The van der Waals surface area contributed by atoms with Gasteiger partial charge in [-0.2, -0.15) is 0 Å². The molecule has 2 atom stereocenters. The zero-order chi connectivity index (χ0) is 13.0. The molecule has 0 spiro atoms. The van der Waals surface area contributed by atoms with Gasteiger partial charge in [0, 0.05) is 6.04 Å². The average molecular weight is 247 g/mol. The molecule has 2 heteroatoms. The van der Waals surface area contributed by atoms with Crippen molar-refractivity contribution in [1.82, 2.24) is 5.32 Å². The topological polar surface area (TPSA) is 21.3 Å². The van der Waals surface area contributed by atoms with Crippen LogP contribution in [0.15, 0.2) is 24.3 Å². The largest absolute Gasteiger partial charge is 0.490 e. The molecular formula is C16H25NO. The number of rotatable bonds is 5. The monoisotopic (exact) mass is 247 g/mol. The number of nitrogens with one attached hydrogen (secondary N) is 1. The highest BCUT2D eigenvalue weighted by atomic mass is 16.5. The molecule has 2 rings (SSSR count). The Balaban J connectivity index is 1.92. The van der Waals surface area contributed by atoms with E-state index in [4.69, 9.17) is 4.74 Å². The molecule has 0 saturated heterocycles. The van der Waals surface area contributed by atoms with Crippen molar-refractivity contribution in [3.63, 3.8) is 0 Å². The van der Waals surface area contributed by atoms with Crippen LogP contribution in [0.3, 0.4) is 0 Å². The number of hydrogen-bond donors (Lipinski definition) is 1. The van der Waals surface area contributed by atoms with Crippen LogP contribution in [-0.2, 0) is 0 Å². The number of benzene rings is 1. The van der Waals surface area contributed by atoms with Crippen LogP contribution in [0, 0.1) is 0 Å². The molecule has 1 aliphatic carbocycles. The van der Waals surface area contributed by atoms with Crippen molar-refractivity contribution in [2.75, 3.05) is 6.54 Å². The summed E-state index contributed by atoms with van der Waals surface area (Å²) in [5, 5.41) is 3.51. The smallest absolute Gasteiger partial charge is 0.120 e. The molecule has 1 N–H and O–H groups in total. The Labute approximate surface area is 111 Å². The summed E-state index contributed by atoms with van der Waals surface area (Å²) in [6.45, 7) is 7.66. The van der Waals surface area contributed by atoms with Crippen LogP contribution >= 0.6 is 0 Å². The van der Waals surface area contributed by atoms with Gasteiger partial charge in [-0.1, -0.05) is 32.9 Å². The minimum Gasteiger partial charge on any atom is -0.490 e. The number of ether oxygens (including phenoxy) is 1. The SMILES string of the molecule is CCNC1CCC(Oc2cccc(C(C)C)c2)C1. The fraction of sp³-hybridized carbons (Fsp3) is 0.625. The molecule has 1 aliphatic rings. The van der Waals surface area contributed by atoms with E-state index in [1.807, 2.05) is 0 Å². The van der Waals surface area contributed by atoms with Crippen molar-refractivity contribution in [2.45, 2.75) is 58.1 Å². The molecule has 0 amide bonds. The molecule has 1 aromatic carbocycles. The number of hydrogen-bond acceptors (Lipinski definition) is 2. The zero-order valence-electron chi connectivity index (χ0n) is 11.8. The van der Waals surface area contributed by atoms with Crippen LogP contribution in [0.5, 0.6) is 5.75 Å². The van der Waals surface area contributed by atoms with E-state index in [1.54, 1.807) is 0 Å². The van der Waals surface area contributed by atoms with Crippen molar-refractivity contribution in [3.8, 4) is 5.75 Å². The van der Waals surface area contributed by atoms with Crippen LogP contribution in [0.25, 0.3) is 0 Å². The van der Waals surface area contributed by atoms with Crippen LogP contribution in [0.1, 0.15) is 51.5 Å². The summed E-state index contributed by atoms with van der Waals surface area (Å²) in [5.41, 5.74) is 1.36. The highest BCUT2D eigenvalue weighted by Crippen LogP contribution is 2.26. The lowest BCUT2D eigenvalue weighted by Gasteiger charge is -2.16. The Kier molecular flexibility index (Phi) is 4.65. The normalized spacial score (nSPS) is 23.6. The van der Waals surface area contributed by atoms with Gasteiger partial charge in [0.1, 0.15) is 11.9 Å². The standard InChI is InChI=1S/C16H25NO/c1-4-17-14-8-9-16(11-14)18-15-7-5-6-13(10-15)12(2)3/h5-7,10,12,14,16-17H,4,8-9,11H2,1-3H3. The lowest BCUT2D eigenvalue weighted by Crippen LogP contribution is -2.27. The predicted molar refractivity (Wildman–Crippen MR) is 76.3 cm³/mol. The van der Waals surface area contributed by atoms with Crippen molar-refractivity contribution in [1.29, 1.82) is 0 Å². The van der Waals surface area contributed by atoms with Gasteiger partial charge < -0.3 is 10.1 Å². The van der Waals surface area contributed by atoms with Crippen molar-refractivity contribution < 1.29 is 4.74 Å². The van der Waals surface area contributed by atoms with Gasteiger partial charge in [-0.15, -0.1) is 0 Å². The van der Waals surface area contributed by atoms with Crippen molar-refractivity contribution in [3.05, 3.63) is 29.8 Å². The summed E-state index contributed by atoms with van der Waals surface area (Å²) in [6.07, 6.45) is 3.93. The lowest BCUT2D eigenvalue weighted by atomic mass is 10.0. The summed E-state index contributed by atoms with van der Waals surface area (Å²) in [5.74, 6) is 1.59. The molecule has 0 radical (unpaired) electrons. The molecule has 18 heavy (non-hydrogen) atoms. The van der Waals surface area contributed by atoms with E-state index in [9.17, 15) is 0 Å². The van der Waals surface area contributed by atoms with E-state index in [0.717, 1.165) is 18.7 Å². The fourth-order valence-corrected chi connectivity index (χ4v) is 2.66. The summed E-state index contributed by atoms with van der Waals surface area (Å²) in [6, 6.07) is 9.18. The Morgan fingerprint density at radius 3 is 2.89 bits per heavy atom. The molecule has 1 aromatic rings. The van der Waals surface area contributed by atoms with Gasteiger partial charge in [0.05, 0.1) is 0 Å². The van der Waals surface area contributed by atoms with E-state index in [2.05, 4.69) is 50.4 Å². The Bertz CT molecular complexity index is 375. The summed E-state index contributed by atoms with van der Waals surface area (Å²) in [4.78, 5) is 0. The van der Waals surface area contributed by atoms with E-state index in [-0.39, 0.29) is 0 Å². The molecule has 100 valence electrons. The molecular weight excluding hydrogens is 222 g/mol. The van der Waals surface area contributed by atoms with Crippen molar-refractivity contribution >= 4 is 0 Å². The third-order valence-corrected chi connectivity index (χ3v) is 3.70. The Morgan fingerprint density at radius 2 is 2.17 bits per heavy atom. The Hall–Kier alpha value is -1.02. The second-order valence-electron chi connectivity index (χ2n) is 5.53. The second kappa shape index (κ2) is 6.24. The average Bonchev–Trinajstić information content (AvgIpc) is 2.77. The third kappa shape index (κ3) is 3.49. The van der Waals surface area contributed by atoms with Gasteiger partial charge in [-0.25, -0.2) is 0 Å². The van der Waals surface area contributed by atoms with E-state index < -0.39 is 0 Å². The molecule has 0 heterocycles. The van der Waals surface area contributed by atoms with Crippen LogP contribution < -0.4 is 10.1 Å². The third-order valence-electron chi connectivity index (χ3n) is 3.70. The molecule has 2 nitrogen and oxygen atoms in total. The summed E-state index contributed by atoms with van der Waals surface area (Å²) >= 11 is 0. The quantitative estimate of drug-likeness (QED) is 0.856. The first-order valence-corrected chi connectivity index (χ1v) is 7.19. The molecule has 2 unspecified atom stereocenters. The van der Waals surface area contributed by atoms with E-state index >= 15 is 0 Å². The highest BCUT2D eigenvalue weighted by Gasteiger charge is 2.25. The minimum absolute atomic E-state index is 0.386. The molecule has 1 saturated carbocycles. The van der Waals surface area contributed by atoms with Crippen molar-refractivity contribution in [2.24, 2.45) is 0 Å². The van der Waals surface area contributed by atoms with Gasteiger partial charge >= 0.3 is 0 Å². The van der Waals surface area contributed by atoms with Crippen LogP contribution in [0.2, 0.25) is 0 Å². The first-order chi connectivity index (χ1) is 8.69. The first kappa shape index (κ1) is 13.4. The summed E-state index contributed by atoms with van der Waals surface area (Å²) in [7, 11) is 0. The maximum atomic E-state index is 6.10. The van der Waals surface area contributed by atoms with Crippen LogP contribution in [0.4, 0.5) is 0 Å². The van der Waals surface area contributed by atoms with Gasteiger partial charge in [-0.05, 0) is 49.4 Å². The first-order valence-electron chi connectivity index (χ1n) is 7.19. The lowest BCUT2D eigenvalue weighted by molar-refractivity contribution is 0.206. The Morgan fingerprint density at radius 1 is 1.33 bits per heavy atom. The van der Waals surface area contributed by atoms with Crippen LogP contribution in [-0.4, -0.2) is 18.7 Å².